The van der Waals surface area contributed by atoms with E-state index in [0.717, 1.165) is 12.1 Å². The maximum atomic E-state index is 12.8. The van der Waals surface area contributed by atoms with Gasteiger partial charge in [0, 0.05) is 12.1 Å². The minimum atomic E-state index is -1.37. The van der Waals surface area contributed by atoms with Crippen LogP contribution in [0.3, 0.4) is 0 Å². The maximum absolute atomic E-state index is 12.8. The fourth-order valence-electron chi connectivity index (χ4n) is 0.686. The van der Waals surface area contributed by atoms with E-state index < -0.39 is 16.7 Å². The Balaban J connectivity index is 3.23. The van der Waals surface area contributed by atoms with Gasteiger partial charge in [0.2, 0.25) is 5.69 Å². The summed E-state index contributed by atoms with van der Waals surface area (Å²) < 4.78 is 12.8. The highest BCUT2D eigenvalue weighted by Gasteiger charge is 2.12. The average molecular weight is 212 g/mol. The molecule has 0 heterocycles. The molecule has 0 aliphatic rings. The van der Waals surface area contributed by atoms with Crippen molar-refractivity contribution in [2.24, 2.45) is 0 Å². The second-order valence-electron chi connectivity index (χ2n) is 2.05. The minimum absolute atomic E-state index is 0.000772. The van der Waals surface area contributed by atoms with Crippen molar-refractivity contribution in [3.05, 3.63) is 33.2 Å². The van der Waals surface area contributed by atoms with Crippen molar-refractivity contribution in [3.8, 4) is 0 Å². The Labute approximate surface area is 77.5 Å². The lowest BCUT2D eigenvalue weighted by molar-refractivity contribution is -0.992. The first-order valence-electron chi connectivity index (χ1n) is 2.90. The molecule has 1 aromatic carbocycles. The van der Waals surface area contributed by atoms with Crippen LogP contribution in [0, 0.1) is 11.0 Å². The van der Waals surface area contributed by atoms with Crippen molar-refractivity contribution in [1.29, 1.82) is 0 Å². The third-order valence-electron chi connectivity index (χ3n) is 1.24. The van der Waals surface area contributed by atoms with E-state index in [2.05, 4.69) is 0 Å². The summed E-state index contributed by atoms with van der Waals surface area (Å²) in [6.07, 6.45) is 0. The van der Waals surface area contributed by atoms with Crippen LogP contribution in [-0.2, 0) is 0 Å². The summed E-state index contributed by atoms with van der Waals surface area (Å²) in [5, 5.41) is 17.4. The van der Waals surface area contributed by atoms with Crippen LogP contribution in [0.4, 0.5) is 10.1 Å². The first-order chi connectivity index (χ1) is 5.52. The van der Waals surface area contributed by atoms with Crippen molar-refractivity contribution in [2.45, 2.75) is 0 Å². The number of quaternary nitrogens is 1. The molecule has 12 heavy (non-hydrogen) atoms. The molecule has 0 saturated carbocycles. The SMILES string of the molecule is [O-][NH+](O)c1cc(Cl)c(Cl)cc1F. The van der Waals surface area contributed by atoms with E-state index in [1.54, 1.807) is 0 Å². The summed E-state index contributed by atoms with van der Waals surface area (Å²) in [7, 11) is 0. The van der Waals surface area contributed by atoms with Gasteiger partial charge in [0.25, 0.3) is 0 Å². The molecule has 0 amide bonds. The van der Waals surface area contributed by atoms with Gasteiger partial charge in [0.15, 0.2) is 5.82 Å². The zero-order chi connectivity index (χ0) is 9.30. The number of hydrogen-bond donors (Lipinski definition) is 2. The van der Waals surface area contributed by atoms with E-state index in [-0.39, 0.29) is 10.0 Å². The van der Waals surface area contributed by atoms with Crippen molar-refractivity contribution in [1.82, 2.24) is 0 Å². The van der Waals surface area contributed by atoms with E-state index in [1.807, 2.05) is 0 Å². The predicted molar refractivity (Wildman–Crippen MR) is 42.2 cm³/mol. The fraction of sp³-hybridized carbons (Fsp3) is 0. The Kier molecular flexibility index (Phi) is 2.87. The van der Waals surface area contributed by atoms with Gasteiger partial charge in [0.05, 0.1) is 10.0 Å². The third-order valence-corrected chi connectivity index (χ3v) is 1.96. The van der Waals surface area contributed by atoms with Gasteiger partial charge in [-0.2, -0.15) is 5.23 Å². The smallest absolute Gasteiger partial charge is 0.201 e. The summed E-state index contributed by atoms with van der Waals surface area (Å²) >= 11 is 10.9. The molecule has 1 unspecified atom stereocenters. The van der Waals surface area contributed by atoms with Gasteiger partial charge in [0.1, 0.15) is 0 Å². The van der Waals surface area contributed by atoms with Gasteiger partial charge in [-0.15, -0.1) is 0 Å². The molecule has 0 radical (unpaired) electrons. The lowest BCUT2D eigenvalue weighted by atomic mass is 10.3. The van der Waals surface area contributed by atoms with Crippen LogP contribution in [0.1, 0.15) is 0 Å². The number of rotatable bonds is 1. The van der Waals surface area contributed by atoms with Crippen LogP contribution in [0.15, 0.2) is 12.1 Å². The van der Waals surface area contributed by atoms with Gasteiger partial charge in [-0.25, -0.2) is 9.60 Å². The van der Waals surface area contributed by atoms with E-state index in [4.69, 9.17) is 28.4 Å². The normalized spacial score (nSPS) is 13.1. The second-order valence-corrected chi connectivity index (χ2v) is 2.87. The summed E-state index contributed by atoms with van der Waals surface area (Å²) in [6.45, 7) is 0. The molecular weight excluding hydrogens is 208 g/mol. The fourth-order valence-corrected chi connectivity index (χ4v) is 1.00. The Bertz CT molecular complexity index is 306. The van der Waals surface area contributed by atoms with Crippen LogP contribution in [0.25, 0.3) is 0 Å². The zero-order valence-electron chi connectivity index (χ0n) is 5.64. The van der Waals surface area contributed by atoms with Gasteiger partial charge < -0.3 is 5.21 Å². The monoisotopic (exact) mass is 211 g/mol. The highest BCUT2D eigenvalue weighted by Crippen LogP contribution is 2.25. The highest BCUT2D eigenvalue weighted by molar-refractivity contribution is 6.42. The molecule has 0 aromatic heterocycles. The largest absolute Gasteiger partial charge is 0.595 e. The molecular formula is C6H4Cl2FNO2. The van der Waals surface area contributed by atoms with E-state index >= 15 is 0 Å². The van der Waals surface area contributed by atoms with E-state index in [1.165, 1.54) is 0 Å². The van der Waals surface area contributed by atoms with Crippen LogP contribution in [0.5, 0.6) is 0 Å². The van der Waals surface area contributed by atoms with E-state index in [9.17, 15) is 9.60 Å². The highest BCUT2D eigenvalue weighted by atomic mass is 35.5. The quantitative estimate of drug-likeness (QED) is 0.547. The third kappa shape index (κ3) is 1.85. The summed E-state index contributed by atoms with van der Waals surface area (Å²) in [6, 6.07) is 1.84. The van der Waals surface area contributed by atoms with Crippen molar-refractivity contribution >= 4 is 28.9 Å². The molecule has 2 N–H and O–H groups in total. The molecule has 0 spiro atoms. The van der Waals surface area contributed by atoms with Gasteiger partial charge in [-0.1, -0.05) is 23.2 Å². The van der Waals surface area contributed by atoms with Crippen molar-refractivity contribution in [3.63, 3.8) is 0 Å². The molecule has 6 heteroatoms. The standard InChI is InChI=1S/C6H4Cl2FNO2/c7-3-1-5(9)6(10(11)12)2-4(3)8/h1-2,10-11H. The summed E-state index contributed by atoms with van der Waals surface area (Å²) in [4.78, 5) is 0. The zero-order valence-corrected chi connectivity index (χ0v) is 7.16. The van der Waals surface area contributed by atoms with Crippen LogP contribution < -0.4 is 5.23 Å². The average Bonchev–Trinajstić information content (AvgIpc) is 1.96. The molecule has 0 aliphatic heterocycles. The summed E-state index contributed by atoms with van der Waals surface area (Å²) in [5.74, 6) is -0.892. The molecule has 1 rings (SSSR count). The Morgan fingerprint density at radius 1 is 1.33 bits per heavy atom. The number of halogens is 3. The van der Waals surface area contributed by atoms with Gasteiger partial charge >= 0.3 is 0 Å². The minimum Gasteiger partial charge on any atom is -0.595 e. The first-order valence-corrected chi connectivity index (χ1v) is 3.66. The van der Waals surface area contributed by atoms with Crippen LogP contribution in [0.2, 0.25) is 10.0 Å². The van der Waals surface area contributed by atoms with Gasteiger partial charge in [-0.05, 0) is 0 Å². The second kappa shape index (κ2) is 3.55. The van der Waals surface area contributed by atoms with Crippen molar-refractivity contribution in [2.75, 3.05) is 0 Å². The van der Waals surface area contributed by atoms with Gasteiger partial charge in [-0.3, -0.25) is 0 Å². The first kappa shape index (κ1) is 9.70. The predicted octanol–water partition coefficient (Wildman–Crippen LogP) is 1.54. The topological polar surface area (TPSA) is 47.7 Å². The lowest BCUT2D eigenvalue weighted by Crippen LogP contribution is -2.99. The Morgan fingerprint density at radius 2 is 1.83 bits per heavy atom. The molecule has 0 saturated heterocycles. The molecule has 1 atom stereocenters. The van der Waals surface area contributed by atoms with Crippen LogP contribution in [-0.4, -0.2) is 5.21 Å². The van der Waals surface area contributed by atoms with Crippen LogP contribution >= 0.6 is 23.2 Å². The summed E-state index contributed by atoms with van der Waals surface area (Å²) in [5.41, 5.74) is -0.482. The lowest BCUT2D eigenvalue weighted by Gasteiger charge is -2.12. The molecule has 66 valence electrons. The number of hydrogen-bond acceptors (Lipinski definition) is 2. The Hall–Kier alpha value is -0.390. The molecule has 0 aliphatic carbocycles. The molecule has 1 aromatic rings. The van der Waals surface area contributed by atoms with Crippen molar-refractivity contribution < 1.29 is 14.8 Å². The molecule has 0 fully saturated rings. The molecule has 0 bridgehead atoms. The number of nitrogens with one attached hydrogen (secondary N) is 1. The Morgan fingerprint density at radius 3 is 2.33 bits per heavy atom. The maximum Gasteiger partial charge on any atom is 0.201 e. The van der Waals surface area contributed by atoms with E-state index in [0.29, 0.717) is 0 Å². The number of benzene rings is 1. The molecule has 3 nitrogen and oxygen atoms in total.